The molecule has 0 aliphatic heterocycles. The summed E-state index contributed by atoms with van der Waals surface area (Å²) in [6, 6.07) is 0. The Morgan fingerprint density at radius 3 is 2.71 bits per heavy atom. The number of aromatic nitrogens is 1. The first-order valence-electron chi connectivity index (χ1n) is 5.87. The predicted molar refractivity (Wildman–Crippen MR) is 70.4 cm³/mol. The quantitative estimate of drug-likeness (QED) is 0.765. The SMILES string of the molecule is CCC1(NC(=O)c2sc(NC)nc2N)CCC1. The fraction of sp³-hybridized carbons (Fsp3) is 0.636. The van der Waals surface area contributed by atoms with Crippen LogP contribution in [0.15, 0.2) is 0 Å². The highest BCUT2D eigenvalue weighted by molar-refractivity contribution is 7.18. The maximum Gasteiger partial charge on any atom is 0.265 e. The maximum absolute atomic E-state index is 12.1. The number of carbonyl (C=O) groups excluding carboxylic acids is 1. The van der Waals surface area contributed by atoms with Crippen LogP contribution in [0, 0.1) is 0 Å². The number of nitrogens with one attached hydrogen (secondary N) is 2. The number of amides is 1. The summed E-state index contributed by atoms with van der Waals surface area (Å²) >= 11 is 1.29. The minimum atomic E-state index is -0.0944. The molecule has 94 valence electrons. The third kappa shape index (κ3) is 2.22. The Labute approximate surface area is 105 Å². The van der Waals surface area contributed by atoms with Crippen LogP contribution in [0.4, 0.5) is 10.9 Å². The van der Waals surface area contributed by atoms with E-state index in [0.717, 1.165) is 19.3 Å². The summed E-state index contributed by atoms with van der Waals surface area (Å²) in [5, 5.41) is 6.67. The summed E-state index contributed by atoms with van der Waals surface area (Å²) < 4.78 is 0. The van der Waals surface area contributed by atoms with Gasteiger partial charge < -0.3 is 16.4 Å². The van der Waals surface area contributed by atoms with E-state index >= 15 is 0 Å². The number of nitrogens with zero attached hydrogens (tertiary/aromatic N) is 1. The van der Waals surface area contributed by atoms with Crippen molar-refractivity contribution in [2.24, 2.45) is 0 Å². The Balaban J connectivity index is 2.11. The number of thiazole rings is 1. The molecule has 1 aliphatic carbocycles. The van der Waals surface area contributed by atoms with Gasteiger partial charge in [-0.25, -0.2) is 4.98 Å². The molecule has 2 rings (SSSR count). The van der Waals surface area contributed by atoms with Crippen molar-refractivity contribution in [2.75, 3.05) is 18.1 Å². The molecule has 1 amide bonds. The Kier molecular flexibility index (Phi) is 3.24. The van der Waals surface area contributed by atoms with Crippen LogP contribution in [0.5, 0.6) is 0 Å². The van der Waals surface area contributed by atoms with Crippen molar-refractivity contribution in [1.82, 2.24) is 10.3 Å². The number of carbonyl (C=O) groups is 1. The number of anilines is 2. The second kappa shape index (κ2) is 4.52. The number of nitrogen functional groups attached to an aromatic ring is 1. The molecular formula is C11H18N4OS. The van der Waals surface area contributed by atoms with Gasteiger partial charge >= 0.3 is 0 Å². The van der Waals surface area contributed by atoms with Crippen molar-refractivity contribution in [3.8, 4) is 0 Å². The van der Waals surface area contributed by atoms with Crippen LogP contribution < -0.4 is 16.4 Å². The van der Waals surface area contributed by atoms with Gasteiger partial charge in [0.15, 0.2) is 5.13 Å². The lowest BCUT2D eigenvalue weighted by atomic mass is 9.75. The minimum Gasteiger partial charge on any atom is -0.382 e. The van der Waals surface area contributed by atoms with E-state index in [-0.39, 0.29) is 11.4 Å². The van der Waals surface area contributed by atoms with Gasteiger partial charge in [0.25, 0.3) is 5.91 Å². The van der Waals surface area contributed by atoms with E-state index in [1.165, 1.54) is 17.8 Å². The van der Waals surface area contributed by atoms with E-state index in [4.69, 9.17) is 5.73 Å². The van der Waals surface area contributed by atoms with Crippen molar-refractivity contribution in [3.05, 3.63) is 4.88 Å². The molecule has 0 atom stereocenters. The molecule has 0 bridgehead atoms. The zero-order valence-corrected chi connectivity index (χ0v) is 11.0. The molecule has 0 spiro atoms. The first-order chi connectivity index (χ1) is 8.10. The molecule has 1 heterocycles. The summed E-state index contributed by atoms with van der Waals surface area (Å²) in [6.45, 7) is 2.11. The van der Waals surface area contributed by atoms with Crippen LogP contribution in [0.1, 0.15) is 42.3 Å². The summed E-state index contributed by atoms with van der Waals surface area (Å²) in [6.07, 6.45) is 4.28. The Hall–Kier alpha value is -1.30. The van der Waals surface area contributed by atoms with E-state index < -0.39 is 0 Å². The summed E-state index contributed by atoms with van der Waals surface area (Å²) in [5.74, 6) is 0.213. The normalized spacial score (nSPS) is 17.3. The number of rotatable bonds is 4. The fourth-order valence-electron chi connectivity index (χ4n) is 2.07. The van der Waals surface area contributed by atoms with Gasteiger partial charge in [-0.05, 0) is 25.7 Å². The molecule has 1 aromatic heterocycles. The Morgan fingerprint density at radius 1 is 1.59 bits per heavy atom. The number of hydrogen-bond donors (Lipinski definition) is 3. The summed E-state index contributed by atoms with van der Waals surface area (Å²) in [5.41, 5.74) is 5.73. The highest BCUT2D eigenvalue weighted by Gasteiger charge is 2.37. The van der Waals surface area contributed by atoms with Crippen molar-refractivity contribution >= 4 is 28.2 Å². The molecule has 4 N–H and O–H groups in total. The van der Waals surface area contributed by atoms with Gasteiger partial charge in [-0.1, -0.05) is 18.3 Å². The van der Waals surface area contributed by atoms with Crippen LogP contribution in [0.25, 0.3) is 0 Å². The molecule has 1 fully saturated rings. The lowest BCUT2D eigenvalue weighted by Crippen LogP contribution is -2.52. The summed E-state index contributed by atoms with van der Waals surface area (Å²) in [7, 11) is 1.76. The molecule has 0 unspecified atom stereocenters. The number of hydrogen-bond acceptors (Lipinski definition) is 5. The topological polar surface area (TPSA) is 80.0 Å². The minimum absolute atomic E-state index is 0.00663. The largest absolute Gasteiger partial charge is 0.382 e. The lowest BCUT2D eigenvalue weighted by molar-refractivity contribution is 0.0825. The van der Waals surface area contributed by atoms with Gasteiger partial charge in [0, 0.05) is 12.6 Å². The molecule has 5 nitrogen and oxygen atoms in total. The van der Waals surface area contributed by atoms with Crippen LogP contribution in [-0.4, -0.2) is 23.5 Å². The molecule has 1 aliphatic rings. The average Bonchev–Trinajstić information content (AvgIpc) is 2.65. The molecule has 1 saturated carbocycles. The van der Waals surface area contributed by atoms with Gasteiger partial charge in [-0.3, -0.25) is 4.79 Å². The van der Waals surface area contributed by atoms with E-state index in [1.54, 1.807) is 7.05 Å². The van der Waals surface area contributed by atoms with Gasteiger partial charge in [-0.15, -0.1) is 0 Å². The van der Waals surface area contributed by atoms with Crippen LogP contribution in [0.3, 0.4) is 0 Å². The fourth-order valence-corrected chi connectivity index (χ4v) is 2.80. The van der Waals surface area contributed by atoms with E-state index in [9.17, 15) is 4.79 Å². The van der Waals surface area contributed by atoms with Crippen LogP contribution in [0.2, 0.25) is 0 Å². The van der Waals surface area contributed by atoms with Gasteiger partial charge in [0.05, 0.1) is 0 Å². The van der Waals surface area contributed by atoms with Gasteiger partial charge in [-0.2, -0.15) is 0 Å². The third-order valence-electron chi connectivity index (χ3n) is 3.44. The highest BCUT2D eigenvalue weighted by Crippen LogP contribution is 2.35. The second-order valence-electron chi connectivity index (χ2n) is 4.42. The number of nitrogens with two attached hydrogens (primary N) is 1. The van der Waals surface area contributed by atoms with Crippen LogP contribution >= 0.6 is 11.3 Å². The van der Waals surface area contributed by atoms with Crippen molar-refractivity contribution in [3.63, 3.8) is 0 Å². The van der Waals surface area contributed by atoms with Gasteiger partial charge in [0.1, 0.15) is 10.7 Å². The molecule has 0 radical (unpaired) electrons. The zero-order chi connectivity index (χ0) is 12.5. The molecule has 6 heteroatoms. The van der Waals surface area contributed by atoms with Crippen molar-refractivity contribution in [1.29, 1.82) is 0 Å². The molecule has 0 aromatic carbocycles. The smallest absolute Gasteiger partial charge is 0.265 e. The molecule has 0 saturated heterocycles. The molecule has 1 aromatic rings. The monoisotopic (exact) mass is 254 g/mol. The second-order valence-corrected chi connectivity index (χ2v) is 5.42. The zero-order valence-electron chi connectivity index (χ0n) is 10.2. The third-order valence-corrected chi connectivity index (χ3v) is 4.53. The van der Waals surface area contributed by atoms with Crippen molar-refractivity contribution in [2.45, 2.75) is 38.1 Å². The predicted octanol–water partition coefficient (Wildman–Crippen LogP) is 1.83. The Morgan fingerprint density at radius 2 is 2.29 bits per heavy atom. The standard InChI is InChI=1S/C11H18N4OS/c1-3-11(5-4-6-11)15-9(16)7-8(12)14-10(13-2)17-7/h3-6,12H2,1-2H3,(H,13,14)(H,15,16). The first kappa shape index (κ1) is 12.2. The Bertz CT molecular complexity index is 420. The van der Waals surface area contributed by atoms with Gasteiger partial charge in [0.2, 0.25) is 0 Å². The summed E-state index contributed by atoms with van der Waals surface area (Å²) in [4.78, 5) is 16.7. The van der Waals surface area contributed by atoms with Crippen LogP contribution in [-0.2, 0) is 0 Å². The lowest BCUT2D eigenvalue weighted by Gasteiger charge is -2.41. The first-order valence-corrected chi connectivity index (χ1v) is 6.68. The molecule has 17 heavy (non-hydrogen) atoms. The van der Waals surface area contributed by atoms with Crippen molar-refractivity contribution < 1.29 is 4.79 Å². The highest BCUT2D eigenvalue weighted by atomic mass is 32.1. The molecular weight excluding hydrogens is 236 g/mol. The van der Waals surface area contributed by atoms with E-state index in [0.29, 0.717) is 15.8 Å². The average molecular weight is 254 g/mol. The van der Waals surface area contributed by atoms with E-state index in [1.807, 2.05) is 0 Å². The van der Waals surface area contributed by atoms with E-state index in [2.05, 4.69) is 22.5 Å². The maximum atomic E-state index is 12.1.